The Hall–Kier alpha value is -1.62. The highest BCUT2D eigenvalue weighted by atomic mass is 16.5. The largest absolute Gasteiger partial charge is 0.466 e. The monoisotopic (exact) mass is 363 g/mol. The molecule has 3 atom stereocenters. The molecule has 26 heavy (non-hydrogen) atoms. The second kappa shape index (κ2) is 6.84. The molecular weight excluding hydrogens is 330 g/mol. The smallest absolute Gasteiger partial charge is 0.314 e. The van der Waals surface area contributed by atoms with Gasteiger partial charge >= 0.3 is 11.9 Å². The van der Waals surface area contributed by atoms with Crippen molar-refractivity contribution in [1.82, 2.24) is 4.90 Å². The predicted molar refractivity (Wildman–Crippen MR) is 101 cm³/mol. The van der Waals surface area contributed by atoms with Crippen molar-refractivity contribution in [3.63, 3.8) is 0 Å². The van der Waals surface area contributed by atoms with E-state index in [-0.39, 0.29) is 36.2 Å². The normalized spacial score (nSPS) is 30.2. The van der Waals surface area contributed by atoms with Crippen LogP contribution in [0.4, 0.5) is 0 Å². The Labute approximate surface area is 157 Å². The minimum absolute atomic E-state index is 0.136. The van der Waals surface area contributed by atoms with Gasteiger partial charge < -0.3 is 9.47 Å². The van der Waals surface area contributed by atoms with Crippen LogP contribution in [0.2, 0.25) is 0 Å². The average molecular weight is 363 g/mol. The first-order valence-electron chi connectivity index (χ1n) is 9.45. The van der Waals surface area contributed by atoms with Crippen LogP contribution in [0, 0.1) is 17.8 Å². The van der Waals surface area contributed by atoms with Crippen molar-refractivity contribution < 1.29 is 19.1 Å². The van der Waals surface area contributed by atoms with Gasteiger partial charge in [-0.3, -0.25) is 14.5 Å². The summed E-state index contributed by atoms with van der Waals surface area (Å²) in [6.07, 6.45) is 0. The van der Waals surface area contributed by atoms with E-state index in [4.69, 9.17) is 9.47 Å². The summed E-state index contributed by atoms with van der Waals surface area (Å²) in [6.45, 7) is 19.0. The van der Waals surface area contributed by atoms with Crippen LogP contribution in [0.5, 0.6) is 0 Å². The molecule has 0 amide bonds. The lowest BCUT2D eigenvalue weighted by Gasteiger charge is -2.40. The van der Waals surface area contributed by atoms with E-state index in [1.807, 2.05) is 6.92 Å². The summed E-state index contributed by atoms with van der Waals surface area (Å²) >= 11 is 0. The molecular formula is C21H33NO4. The van der Waals surface area contributed by atoms with Gasteiger partial charge in [0, 0.05) is 11.1 Å². The fourth-order valence-corrected chi connectivity index (χ4v) is 4.97. The summed E-state index contributed by atoms with van der Waals surface area (Å²) in [7, 11) is 2.08. The Kier molecular flexibility index (Phi) is 5.44. The molecule has 1 unspecified atom stereocenters. The van der Waals surface area contributed by atoms with Crippen LogP contribution in [-0.4, -0.2) is 48.2 Å². The fraction of sp³-hybridized carbons (Fsp3) is 0.714. The van der Waals surface area contributed by atoms with Crippen LogP contribution < -0.4 is 0 Å². The lowest BCUT2D eigenvalue weighted by molar-refractivity contribution is -0.160. The Morgan fingerprint density at radius 3 is 2.04 bits per heavy atom. The third kappa shape index (κ3) is 2.81. The van der Waals surface area contributed by atoms with Crippen molar-refractivity contribution in [2.24, 2.45) is 17.8 Å². The van der Waals surface area contributed by atoms with Crippen molar-refractivity contribution in [2.45, 2.75) is 59.5 Å². The molecule has 2 rings (SSSR count). The quantitative estimate of drug-likeness (QED) is 0.717. The van der Waals surface area contributed by atoms with Gasteiger partial charge in [-0.25, -0.2) is 0 Å². The number of esters is 2. The van der Waals surface area contributed by atoms with Gasteiger partial charge in [0.25, 0.3) is 0 Å². The third-order valence-corrected chi connectivity index (χ3v) is 6.37. The number of ether oxygens (including phenoxy) is 2. The SMILES string of the molecule is C=C1C2=C(C(C)[C@H](C(=O)OCC)[C@@H]1C(=O)OCC)C(C)(C)N(C)C2(C)C. The van der Waals surface area contributed by atoms with Gasteiger partial charge in [0.2, 0.25) is 0 Å². The number of rotatable bonds is 4. The van der Waals surface area contributed by atoms with E-state index in [2.05, 4.69) is 46.2 Å². The number of nitrogens with zero attached hydrogens (tertiary/aromatic N) is 1. The topological polar surface area (TPSA) is 55.8 Å². The predicted octanol–water partition coefficient (Wildman–Crippen LogP) is 3.35. The molecule has 0 aromatic carbocycles. The molecule has 1 heterocycles. The molecule has 2 aliphatic rings. The van der Waals surface area contributed by atoms with Crippen LogP contribution in [0.1, 0.15) is 48.5 Å². The maximum Gasteiger partial charge on any atom is 0.314 e. The zero-order valence-electron chi connectivity index (χ0n) is 17.4. The highest BCUT2D eigenvalue weighted by Gasteiger charge is 2.58. The Morgan fingerprint density at radius 1 is 1.04 bits per heavy atom. The molecule has 1 aliphatic heterocycles. The number of carbonyl (C=O) groups is 2. The molecule has 146 valence electrons. The fourth-order valence-electron chi connectivity index (χ4n) is 4.97. The molecule has 0 saturated carbocycles. The molecule has 0 aromatic heterocycles. The number of likely N-dealkylation sites (N-methyl/N-ethyl adjacent to an activating group) is 1. The van der Waals surface area contributed by atoms with Crippen LogP contribution >= 0.6 is 0 Å². The van der Waals surface area contributed by atoms with Crippen LogP contribution in [-0.2, 0) is 19.1 Å². The number of hydrogen-bond donors (Lipinski definition) is 0. The van der Waals surface area contributed by atoms with E-state index in [0.717, 1.165) is 5.57 Å². The molecule has 0 radical (unpaired) electrons. The highest BCUT2D eigenvalue weighted by Crippen LogP contribution is 2.56. The van der Waals surface area contributed by atoms with Crippen LogP contribution in [0.15, 0.2) is 23.3 Å². The average Bonchev–Trinajstić information content (AvgIpc) is 2.68. The number of hydrogen-bond acceptors (Lipinski definition) is 5. The molecule has 0 fully saturated rings. The molecule has 5 heteroatoms. The van der Waals surface area contributed by atoms with E-state index in [0.29, 0.717) is 5.57 Å². The molecule has 0 bridgehead atoms. The maximum atomic E-state index is 12.8. The molecule has 0 spiro atoms. The zero-order valence-corrected chi connectivity index (χ0v) is 17.4. The first kappa shape index (κ1) is 20.7. The van der Waals surface area contributed by atoms with E-state index in [9.17, 15) is 9.59 Å². The van der Waals surface area contributed by atoms with E-state index < -0.39 is 17.8 Å². The summed E-state index contributed by atoms with van der Waals surface area (Å²) in [5, 5.41) is 0. The van der Waals surface area contributed by atoms with Gasteiger partial charge in [0.15, 0.2) is 0 Å². The van der Waals surface area contributed by atoms with Gasteiger partial charge in [-0.1, -0.05) is 13.5 Å². The zero-order chi connectivity index (χ0) is 20.0. The number of carbonyl (C=O) groups excluding carboxylic acids is 2. The second-order valence-electron chi connectivity index (χ2n) is 8.29. The lowest BCUT2D eigenvalue weighted by atomic mass is 9.63. The van der Waals surface area contributed by atoms with Crippen molar-refractivity contribution >= 4 is 11.9 Å². The van der Waals surface area contributed by atoms with E-state index >= 15 is 0 Å². The lowest BCUT2D eigenvalue weighted by Crippen LogP contribution is -2.48. The van der Waals surface area contributed by atoms with Crippen LogP contribution in [0.25, 0.3) is 0 Å². The van der Waals surface area contributed by atoms with Gasteiger partial charge in [-0.15, -0.1) is 0 Å². The summed E-state index contributed by atoms with van der Waals surface area (Å²) in [6, 6.07) is 0. The van der Waals surface area contributed by atoms with Gasteiger partial charge in [0.05, 0.1) is 25.0 Å². The standard InChI is InChI=1S/C21H33NO4/c1-10-25-18(23)14-12(3)16-17(13(4)15(14)19(24)26-11-2)21(7,8)22(9)20(16,5)6/h13-15H,3,10-11H2,1-2,4-9H3/t13?,14-,15+/m1/s1. The van der Waals surface area contributed by atoms with Gasteiger partial charge in [-0.2, -0.15) is 0 Å². The van der Waals surface area contributed by atoms with Crippen molar-refractivity contribution in [3.8, 4) is 0 Å². The van der Waals surface area contributed by atoms with Crippen LogP contribution in [0.3, 0.4) is 0 Å². The molecule has 0 saturated heterocycles. The van der Waals surface area contributed by atoms with Crippen molar-refractivity contribution in [3.05, 3.63) is 23.3 Å². The Balaban J connectivity index is 2.68. The minimum Gasteiger partial charge on any atom is -0.466 e. The van der Waals surface area contributed by atoms with Crippen molar-refractivity contribution in [2.75, 3.05) is 20.3 Å². The van der Waals surface area contributed by atoms with Gasteiger partial charge in [-0.05, 0) is 71.2 Å². The third-order valence-electron chi connectivity index (χ3n) is 6.37. The summed E-state index contributed by atoms with van der Waals surface area (Å²) < 4.78 is 10.6. The summed E-state index contributed by atoms with van der Waals surface area (Å²) in [4.78, 5) is 27.9. The van der Waals surface area contributed by atoms with E-state index in [1.54, 1.807) is 13.8 Å². The van der Waals surface area contributed by atoms with Crippen molar-refractivity contribution in [1.29, 1.82) is 0 Å². The summed E-state index contributed by atoms with van der Waals surface area (Å²) in [5.74, 6) is -2.19. The summed E-state index contributed by atoms with van der Waals surface area (Å²) in [5.41, 5.74) is 2.42. The Morgan fingerprint density at radius 2 is 1.54 bits per heavy atom. The van der Waals surface area contributed by atoms with Gasteiger partial charge in [0.1, 0.15) is 0 Å². The second-order valence-corrected chi connectivity index (χ2v) is 8.29. The highest BCUT2D eigenvalue weighted by molar-refractivity contribution is 5.88. The molecule has 0 aromatic rings. The Bertz CT molecular complexity index is 659. The van der Waals surface area contributed by atoms with E-state index in [1.165, 1.54) is 5.57 Å². The first-order valence-corrected chi connectivity index (χ1v) is 9.45. The maximum absolute atomic E-state index is 12.8. The molecule has 1 aliphatic carbocycles. The molecule has 0 N–H and O–H groups in total. The minimum atomic E-state index is -0.704. The first-order chi connectivity index (χ1) is 11.9. The molecule has 5 nitrogen and oxygen atoms in total.